The van der Waals surface area contributed by atoms with Crippen LogP contribution in [0, 0.1) is 6.92 Å². The molecule has 0 spiro atoms. The van der Waals surface area contributed by atoms with Crippen molar-refractivity contribution in [3.63, 3.8) is 0 Å². The van der Waals surface area contributed by atoms with Crippen molar-refractivity contribution >= 4 is 16.7 Å². The van der Waals surface area contributed by atoms with E-state index in [9.17, 15) is 4.79 Å². The Balaban J connectivity index is 1.67. The number of aromatic nitrogens is 1. The summed E-state index contributed by atoms with van der Waals surface area (Å²) < 4.78 is 10.4. The van der Waals surface area contributed by atoms with Gasteiger partial charge in [0.25, 0.3) is 0 Å². The molecule has 0 bridgehead atoms. The average Bonchev–Trinajstić information content (AvgIpc) is 2.97. The largest absolute Gasteiger partial charge is 0.457 e. The van der Waals surface area contributed by atoms with Crippen molar-refractivity contribution in [3.8, 4) is 0 Å². The number of ether oxygens (including phenoxy) is 1. The first-order valence-corrected chi connectivity index (χ1v) is 7.93. The van der Waals surface area contributed by atoms with Crippen LogP contribution in [0.4, 0.5) is 0 Å². The Morgan fingerprint density at radius 2 is 2.08 bits per heavy atom. The third-order valence-electron chi connectivity index (χ3n) is 4.34. The zero-order valence-corrected chi connectivity index (χ0v) is 13.7. The van der Waals surface area contributed by atoms with Gasteiger partial charge in [-0.3, -0.25) is 4.90 Å². The molecule has 0 amide bonds. The summed E-state index contributed by atoms with van der Waals surface area (Å²) in [5, 5.41) is 6.18. The molecule has 0 saturated carbocycles. The van der Waals surface area contributed by atoms with Gasteiger partial charge in [-0.25, -0.2) is 4.79 Å². The summed E-state index contributed by atoms with van der Waals surface area (Å²) in [6.45, 7) is 3.71. The van der Waals surface area contributed by atoms with Crippen molar-refractivity contribution in [2.45, 2.75) is 26.6 Å². The molecule has 5 nitrogen and oxygen atoms in total. The standard InChI is InChI=1S/C19H18N2O3/c1-12-8-15(20-24-12)10-21(2)9-13-6-7-14-11-23-19(22)17-5-3-4-16(13)18(14)17/h3-8H,9-11H2,1-2H3. The molecule has 0 unspecified atom stereocenters. The summed E-state index contributed by atoms with van der Waals surface area (Å²) in [4.78, 5) is 14.2. The molecule has 3 aromatic rings. The fraction of sp³-hybridized carbons (Fsp3) is 0.263. The van der Waals surface area contributed by atoms with Gasteiger partial charge in [0.2, 0.25) is 0 Å². The SMILES string of the molecule is Cc1cc(CN(C)Cc2ccc3c4c(cccc24)C(=O)OC3)no1. The van der Waals surface area contributed by atoms with Crippen LogP contribution in [0.2, 0.25) is 0 Å². The highest BCUT2D eigenvalue weighted by atomic mass is 16.5. The molecule has 0 fully saturated rings. The summed E-state index contributed by atoms with van der Waals surface area (Å²) in [5.74, 6) is 0.579. The van der Waals surface area contributed by atoms with Crippen LogP contribution in [0.3, 0.4) is 0 Å². The molecule has 2 heterocycles. The Hall–Kier alpha value is -2.66. The molecular weight excluding hydrogens is 304 g/mol. The molecule has 0 radical (unpaired) electrons. The fourth-order valence-electron chi connectivity index (χ4n) is 3.31. The number of cyclic esters (lactones) is 1. The minimum Gasteiger partial charge on any atom is -0.457 e. The minimum absolute atomic E-state index is 0.239. The molecule has 1 aliphatic heterocycles. The van der Waals surface area contributed by atoms with Crippen LogP contribution in [0.1, 0.15) is 32.9 Å². The normalized spacial score (nSPS) is 13.5. The van der Waals surface area contributed by atoms with Crippen LogP contribution in [-0.4, -0.2) is 23.1 Å². The van der Waals surface area contributed by atoms with Crippen molar-refractivity contribution in [1.29, 1.82) is 0 Å². The third kappa shape index (κ3) is 2.57. The molecule has 24 heavy (non-hydrogen) atoms. The smallest absolute Gasteiger partial charge is 0.339 e. The number of carbonyl (C=O) groups is 1. The maximum Gasteiger partial charge on any atom is 0.339 e. The number of carbonyl (C=O) groups excluding carboxylic acids is 1. The van der Waals surface area contributed by atoms with Crippen molar-refractivity contribution in [2.24, 2.45) is 0 Å². The zero-order valence-electron chi connectivity index (χ0n) is 13.7. The van der Waals surface area contributed by atoms with Gasteiger partial charge in [0.15, 0.2) is 0 Å². The van der Waals surface area contributed by atoms with E-state index in [-0.39, 0.29) is 5.97 Å². The lowest BCUT2D eigenvalue weighted by Gasteiger charge is -2.21. The monoisotopic (exact) mass is 322 g/mol. The molecule has 0 N–H and O–H groups in total. The lowest BCUT2D eigenvalue weighted by atomic mass is 9.94. The Kier molecular flexibility index (Phi) is 3.58. The van der Waals surface area contributed by atoms with E-state index < -0.39 is 0 Å². The summed E-state index contributed by atoms with van der Waals surface area (Å²) in [6, 6.07) is 11.9. The molecule has 0 saturated heterocycles. The molecular formula is C19H18N2O3. The first kappa shape index (κ1) is 14.9. The van der Waals surface area contributed by atoms with Crippen molar-refractivity contribution in [3.05, 3.63) is 64.5 Å². The van der Waals surface area contributed by atoms with Gasteiger partial charge in [0.1, 0.15) is 12.4 Å². The van der Waals surface area contributed by atoms with Crippen LogP contribution in [0.15, 0.2) is 40.9 Å². The first-order chi connectivity index (χ1) is 11.6. The molecule has 0 atom stereocenters. The molecule has 2 aromatic carbocycles. The van der Waals surface area contributed by atoms with Gasteiger partial charge >= 0.3 is 5.97 Å². The van der Waals surface area contributed by atoms with E-state index in [1.165, 1.54) is 5.56 Å². The summed E-state index contributed by atoms with van der Waals surface area (Å²) in [5.41, 5.74) is 3.83. The topological polar surface area (TPSA) is 55.6 Å². The van der Waals surface area contributed by atoms with E-state index in [2.05, 4.69) is 28.3 Å². The van der Waals surface area contributed by atoms with E-state index in [1.807, 2.05) is 32.2 Å². The van der Waals surface area contributed by atoms with Gasteiger partial charge in [-0.1, -0.05) is 29.4 Å². The van der Waals surface area contributed by atoms with Crippen molar-refractivity contribution in [2.75, 3.05) is 7.05 Å². The minimum atomic E-state index is -0.239. The van der Waals surface area contributed by atoms with E-state index in [0.29, 0.717) is 18.7 Å². The number of esters is 1. The Labute approximate surface area is 139 Å². The van der Waals surface area contributed by atoms with Crippen molar-refractivity contribution < 1.29 is 14.1 Å². The number of benzene rings is 2. The lowest BCUT2D eigenvalue weighted by molar-refractivity contribution is 0.0463. The Morgan fingerprint density at radius 3 is 2.88 bits per heavy atom. The van der Waals surface area contributed by atoms with Gasteiger partial charge < -0.3 is 9.26 Å². The van der Waals surface area contributed by atoms with Gasteiger partial charge in [0.05, 0.1) is 11.3 Å². The molecule has 0 aliphatic carbocycles. The highest BCUT2D eigenvalue weighted by Crippen LogP contribution is 2.31. The van der Waals surface area contributed by atoms with Crippen LogP contribution in [0.5, 0.6) is 0 Å². The van der Waals surface area contributed by atoms with Crippen LogP contribution >= 0.6 is 0 Å². The summed E-state index contributed by atoms with van der Waals surface area (Å²) in [7, 11) is 2.05. The van der Waals surface area contributed by atoms with E-state index in [4.69, 9.17) is 9.26 Å². The molecule has 4 rings (SSSR count). The third-order valence-corrected chi connectivity index (χ3v) is 4.34. The van der Waals surface area contributed by atoms with Crippen LogP contribution < -0.4 is 0 Å². The molecule has 1 aliphatic rings. The fourth-order valence-corrected chi connectivity index (χ4v) is 3.31. The van der Waals surface area contributed by atoms with Gasteiger partial charge in [0, 0.05) is 24.5 Å². The Morgan fingerprint density at radius 1 is 1.21 bits per heavy atom. The van der Waals surface area contributed by atoms with E-state index in [1.54, 1.807) is 0 Å². The zero-order chi connectivity index (χ0) is 16.7. The second-order valence-corrected chi connectivity index (χ2v) is 6.29. The Bertz CT molecular complexity index is 930. The highest BCUT2D eigenvalue weighted by Gasteiger charge is 2.21. The maximum atomic E-state index is 12.0. The van der Waals surface area contributed by atoms with Crippen LogP contribution in [-0.2, 0) is 24.4 Å². The predicted molar refractivity (Wildman–Crippen MR) is 89.5 cm³/mol. The number of rotatable bonds is 4. The number of hydrogen-bond acceptors (Lipinski definition) is 5. The molecule has 122 valence electrons. The second-order valence-electron chi connectivity index (χ2n) is 6.29. The van der Waals surface area contributed by atoms with E-state index >= 15 is 0 Å². The lowest BCUT2D eigenvalue weighted by Crippen LogP contribution is -2.18. The number of nitrogens with zero attached hydrogens (tertiary/aromatic N) is 2. The van der Waals surface area contributed by atoms with Crippen molar-refractivity contribution in [1.82, 2.24) is 10.1 Å². The maximum absolute atomic E-state index is 12.0. The summed E-state index contributed by atoms with van der Waals surface area (Å²) in [6.07, 6.45) is 0. The van der Waals surface area contributed by atoms with Crippen LogP contribution in [0.25, 0.3) is 10.8 Å². The number of hydrogen-bond donors (Lipinski definition) is 0. The second kappa shape index (κ2) is 5.76. The highest BCUT2D eigenvalue weighted by molar-refractivity contribution is 6.08. The van der Waals surface area contributed by atoms with Gasteiger partial charge in [-0.05, 0) is 36.6 Å². The predicted octanol–water partition coefficient (Wildman–Crippen LogP) is 3.44. The quantitative estimate of drug-likeness (QED) is 0.689. The molecule has 5 heteroatoms. The van der Waals surface area contributed by atoms with E-state index in [0.717, 1.165) is 34.3 Å². The summed E-state index contributed by atoms with van der Waals surface area (Å²) >= 11 is 0. The average molecular weight is 322 g/mol. The first-order valence-electron chi connectivity index (χ1n) is 7.93. The van der Waals surface area contributed by atoms with Gasteiger partial charge in [-0.15, -0.1) is 0 Å². The van der Waals surface area contributed by atoms with Gasteiger partial charge in [-0.2, -0.15) is 0 Å². The number of aryl methyl sites for hydroxylation is 1. The molecule has 1 aromatic heterocycles.